The molecule has 26 heteroatoms. The second-order valence-electron chi connectivity index (χ2n) is 27.0. The van der Waals surface area contributed by atoms with Gasteiger partial charge in [0.2, 0.25) is 5.79 Å². The van der Waals surface area contributed by atoms with E-state index in [4.69, 9.17) is 40.6 Å². The number of rotatable bonds is 18. The third kappa shape index (κ3) is 47.8. The van der Waals surface area contributed by atoms with E-state index in [1.165, 1.54) is 24.8 Å². The molecule has 0 aromatic heterocycles. The number of aliphatic hydroxyl groups excluding tert-OH is 2. The number of cyclic esters (lactones) is 1. The molecule has 3 fully saturated rings. The molecule has 1 saturated carbocycles. The van der Waals surface area contributed by atoms with Crippen LogP contribution in [-0.4, -0.2) is 137 Å². The van der Waals surface area contributed by atoms with Crippen LogP contribution in [-0.2, 0) is 93.1 Å². The molecule has 4 rings (SSSR count). The fraction of sp³-hybridized carbons (Fsp3) is 0.408. The Balaban J connectivity index is -0.0000000429. The van der Waals surface area contributed by atoms with Crippen molar-refractivity contribution in [2.75, 3.05) is 27.9 Å². The van der Waals surface area contributed by atoms with Crippen LogP contribution in [0.25, 0.3) is 0 Å². The number of carbonyl (C=O) groups excluding carboxylic acids is 4. The Morgan fingerprint density at radius 3 is 1.38 bits per heavy atom. The Kier molecular flexibility index (Phi) is 57.3. The van der Waals surface area contributed by atoms with Crippen LogP contribution in [0.3, 0.4) is 0 Å². The number of esters is 1. The highest BCUT2D eigenvalue weighted by atomic mass is 17.9. The molecule has 0 aromatic carbocycles. The van der Waals surface area contributed by atoms with Crippen LogP contribution in [0.4, 0.5) is 0 Å². The van der Waals surface area contributed by atoms with Gasteiger partial charge in [0.05, 0.1) is 30.5 Å². The van der Waals surface area contributed by atoms with E-state index in [1.54, 1.807) is 27.9 Å². The minimum Gasteiger partial charge on any atom is -0.456 e. The van der Waals surface area contributed by atoms with Crippen LogP contribution in [0.15, 0.2) is 35.5 Å². The molecule has 2 saturated heterocycles. The van der Waals surface area contributed by atoms with Gasteiger partial charge in [-0.15, -0.1) is 6.42 Å². The third-order valence-electron chi connectivity index (χ3n) is 17.0. The van der Waals surface area contributed by atoms with Crippen molar-refractivity contribution in [3.8, 4) is 285 Å². The number of hydrogen-bond donors (Lipinski definition) is 6. The van der Waals surface area contributed by atoms with Crippen LogP contribution in [0.5, 0.6) is 0 Å². The maximum Gasteiger partial charge on any atom is 0.329 e. The van der Waals surface area contributed by atoms with Gasteiger partial charge in [-0.05, 0) is 255 Å². The van der Waals surface area contributed by atoms with E-state index >= 15 is 0 Å². The molecule has 1 amide bonds. The number of ether oxygens (including phenoxy) is 5. The molecule has 3 heterocycles. The molecule has 26 nitrogen and oxygen atoms in total. The minimum atomic E-state index is -2.51. The van der Waals surface area contributed by atoms with E-state index in [2.05, 4.69) is 362 Å². The summed E-state index contributed by atoms with van der Waals surface area (Å²) in [5, 5.41) is 75.4. The summed E-state index contributed by atoms with van der Waals surface area (Å²) in [4.78, 5) is 65.8. The summed E-state index contributed by atoms with van der Waals surface area (Å²) >= 11 is 0. The van der Waals surface area contributed by atoms with Gasteiger partial charge >= 0.3 is 5.97 Å². The van der Waals surface area contributed by atoms with Crippen molar-refractivity contribution in [3.05, 3.63) is 35.5 Å². The van der Waals surface area contributed by atoms with Crippen molar-refractivity contribution in [2.24, 2.45) is 35.0 Å². The number of ketones is 2. The number of allylic oxidation sites excluding steroid dienone is 5. The van der Waals surface area contributed by atoms with Crippen molar-refractivity contribution in [2.45, 2.75) is 194 Å². The highest BCUT2D eigenvalue weighted by Crippen LogP contribution is 2.40. The van der Waals surface area contributed by atoms with Crippen molar-refractivity contribution in [1.82, 2.24) is 10.5 Å². The highest BCUT2D eigenvalue weighted by Gasteiger charge is 2.57. The fourth-order valence-corrected chi connectivity index (χ4v) is 11.5. The summed E-state index contributed by atoms with van der Waals surface area (Å²) < 4.78 is 30.0. The van der Waals surface area contributed by atoms with E-state index in [0.29, 0.717) is 56.9 Å². The Morgan fingerprint density at radius 2 is 0.976 bits per heavy atom. The molecule has 706 valence electrons. The second-order valence-corrected chi connectivity index (χ2v) is 27.0. The molecule has 0 unspecified atom stereocenters. The molecule has 14 atom stereocenters. The maximum absolute atomic E-state index is 14.4. The summed E-state index contributed by atoms with van der Waals surface area (Å²) in [5.74, 6) is 109. The van der Waals surface area contributed by atoms with Crippen molar-refractivity contribution < 1.29 is 172 Å². The molecule has 124 heavy (non-hydrogen) atoms. The van der Waals surface area contributed by atoms with Gasteiger partial charge in [-0.25, -0.2) is 15.3 Å². The van der Waals surface area contributed by atoms with Crippen LogP contribution < -0.4 is 5.64 Å². The zero-order valence-electron chi connectivity index (χ0n) is 70.0. The lowest BCUT2D eigenvalue weighted by Crippen LogP contribution is -2.64. The number of hydrogen-bond acceptors (Lipinski definition) is 25. The molecule has 4 aliphatic rings. The molecular formula is C98H160N2O24. The summed E-state index contributed by atoms with van der Waals surface area (Å²) in [6.07, 6.45) is 13.3. The lowest BCUT2D eigenvalue weighted by atomic mass is 9.81. The van der Waals surface area contributed by atoms with E-state index in [-0.39, 0.29) is 108 Å². The first-order chi connectivity index (χ1) is 60.0. The first-order valence-corrected chi connectivity index (χ1v) is 37.5. The summed E-state index contributed by atoms with van der Waals surface area (Å²) in [6, 6.07) is -1.15. The number of aliphatic hydroxyl groups is 3. The first-order valence-electron chi connectivity index (χ1n) is 37.5. The van der Waals surface area contributed by atoms with Gasteiger partial charge in [-0.2, -0.15) is 0 Å². The van der Waals surface area contributed by atoms with Crippen LogP contribution in [0.1, 0.15) is 192 Å². The monoisotopic (exact) mass is 1750 g/mol. The van der Waals surface area contributed by atoms with Crippen LogP contribution in [0, 0.1) is 320 Å². The predicted molar refractivity (Wildman–Crippen MR) is 526 cm³/mol. The van der Waals surface area contributed by atoms with Gasteiger partial charge in [-0.3, -0.25) is 14.4 Å². The van der Waals surface area contributed by atoms with Crippen molar-refractivity contribution >= 4 is 23.4 Å². The zero-order valence-corrected chi connectivity index (χ0v) is 70.0. The molecular weight excluding hydrogens is 1590 g/mol. The smallest absolute Gasteiger partial charge is 0.329 e. The number of amides is 1. The number of carbonyl (C=O) groups is 4. The summed E-state index contributed by atoms with van der Waals surface area (Å²) in [7, 11) is 4.64. The average Bonchev–Trinajstić information content (AvgIpc) is 0.852. The lowest BCUT2D eigenvalue weighted by molar-refractivity contribution is -0.792. The number of piperidine rings is 1. The van der Waals surface area contributed by atoms with Crippen LogP contribution >= 0.6 is 0 Å². The van der Waals surface area contributed by atoms with Gasteiger partial charge in [0.25, 0.3) is 11.7 Å². The Labute approximate surface area is 781 Å². The van der Waals surface area contributed by atoms with Gasteiger partial charge in [0, 0.05) is 282 Å². The number of methoxy groups -OCH3 is 3. The van der Waals surface area contributed by atoms with E-state index in [0.717, 1.165) is 12.0 Å². The topological polar surface area (TPSA) is 323 Å². The largest absolute Gasteiger partial charge is 0.456 e. The molecule has 1 aliphatic carbocycles. The molecule has 2 bridgehead atoms. The molecule has 0 aromatic rings. The molecule has 3 aliphatic heterocycles. The zero-order chi connectivity index (χ0) is 91.1. The Bertz CT molecular complexity index is 5580. The highest BCUT2D eigenvalue weighted by molar-refractivity contribution is 6.39. The van der Waals surface area contributed by atoms with Crippen molar-refractivity contribution in [1.29, 1.82) is 0 Å². The van der Waals surface area contributed by atoms with Gasteiger partial charge in [0.1, 0.15) is 24.0 Å². The van der Waals surface area contributed by atoms with Crippen LogP contribution in [0.2, 0.25) is 0 Å². The predicted octanol–water partition coefficient (Wildman–Crippen LogP) is 15.1. The third-order valence-corrected chi connectivity index (χ3v) is 17.0. The lowest BCUT2D eigenvalue weighted by Gasteiger charge is -2.47. The van der Waals surface area contributed by atoms with Gasteiger partial charge in [0.15, 0.2) is 0 Å². The Morgan fingerprint density at radius 1 is 0.556 bits per heavy atom. The molecule has 0 spiro atoms. The number of nitrogens with zero attached hydrogens (tertiary/aromatic N) is 1. The number of Topliss-reactive ketones (excluding diaryl/α,β-unsaturated/α-hetero) is 2. The molecule has 0 radical (unpaired) electrons. The minimum absolute atomic E-state index is 0. The van der Waals surface area contributed by atoms with E-state index in [1.807, 2.05) is 32.1 Å². The number of fused-ring (bicyclic) bond motifs is 3. The Hall–Kier alpha value is -13.9. The summed E-state index contributed by atoms with van der Waals surface area (Å²) in [6.45, 7) is 17.5. The van der Waals surface area contributed by atoms with Crippen molar-refractivity contribution in [3.63, 3.8) is 0 Å². The van der Waals surface area contributed by atoms with E-state index in [9.17, 15) is 34.5 Å². The maximum atomic E-state index is 14.4. The summed E-state index contributed by atoms with van der Waals surface area (Å²) in [5.41, 5.74) is 3.09. The number of terminal acetylenes is 1. The molecule has 6 N–H and O–H groups in total. The van der Waals surface area contributed by atoms with Gasteiger partial charge < -0.3 is 43.9 Å². The second kappa shape index (κ2) is 66.9. The average molecular weight is 1750 g/mol. The fourth-order valence-electron chi connectivity index (χ4n) is 11.5. The quantitative estimate of drug-likeness (QED) is 0.0141. The number of nitrogens with one attached hydrogen (secondary N) is 1. The normalized spacial score (nSPS) is 22.2. The first kappa shape index (κ1) is 106. The standard InChI is InChI=1S/C49H79NO12.C49H4.H3NO12.37H2/c1-29-22-30(2)24-41(59-10)44-42(60-11)26-32(4)49(57,62-44)45(54)46(55)50-21-15-13-17-36(50)47(56)61-43(31(3)25-34-18-19-37(51)40(27-34)58-9)33(5)38(52)28-39(53)35(23-29)16-12-14-20-48(6,7)8;1-3-5-7-9-11-13-15-17-19-21-23-25-27-29-31-33-35-37-39-41-43-45-47-49-48-46-44-42-40-38-36-34-32-30-28-26-24-22-20-18-16-14-12-10-8-6-4-2;2-6-10-12-8-4-1-5-9-13-11-7-3;;;;;;;;;;;;;;;;;;;;;;;;;;;;;;;;;;;;;/h12,14,23,25,30,32-38,40-44,51-52,57H,13,15-22,24,26-28H2,1-11H3;1H,2H3;1-3H;37*1H/b14-12+,29-23+,31-25+;;;;;;;;;;;;;;;;;;;;;;;;;;;;;;;;;;;;;;;/t30-,32+,33+,34-,35+,36-,37+,38-,40+,41-,42-,43+,44+,49+;;;;;;;;;;;;;;;;;;;;;;;;;;;;;;;;;;;;;;;/m0......................................./s1. The van der Waals surface area contributed by atoms with E-state index < -0.39 is 83.9 Å². The van der Waals surface area contributed by atoms with Gasteiger partial charge in [-0.1, -0.05) is 87.3 Å². The SMILES string of the molecule is C#CC#CC#CC#CC#CC#CC#CC#CC#CC#CC#CC#CC#CC#CC#CC#CC#CC#CC#CC#CC#CC#CC#CC#CC.CO[C@H]1C[C@@H](C)C/C(C)=C/[C@@H](C/C=C/CC(C)(C)C)C(=O)C[C@H](O)[C@@H](C)[C@@H](/C(C)=C/[C@@H]2CC[C@@H](O)[C@H](OC)C2)OC(=O)[C@@H]2CCCCN2C(=O)C(=O)[C@]2(O)O[C@H]1[C@@H](OC)C[C@H]2C.OOOOOONOOOOOO.[HH].[HH].[HH].[HH].[HH].[HH].[HH].[HH].[HH].[HH].[HH].[HH].[HH].[HH].[HH].[HH].[HH].[HH].[HH].[HH].[HH].[HH].[HH].[HH].[HH].[HH].[HH].[HH].[HH].[HH].[HH].[HH].[HH].[HH].[HH].[HH].[HH].